The number of fused-ring (bicyclic) bond motifs is 1. The zero-order valence-corrected chi connectivity index (χ0v) is 16.6. The predicted molar refractivity (Wildman–Crippen MR) is 113 cm³/mol. The normalized spacial score (nSPS) is 15.4. The van der Waals surface area contributed by atoms with E-state index < -0.39 is 0 Å². The maximum atomic E-state index is 12.7. The molecule has 7 heteroatoms. The van der Waals surface area contributed by atoms with Crippen LogP contribution in [0.3, 0.4) is 0 Å². The molecule has 0 aliphatic carbocycles. The molecule has 0 saturated carbocycles. The number of aromatic nitrogens is 2. The van der Waals surface area contributed by atoms with Gasteiger partial charge < -0.3 is 4.74 Å². The highest BCUT2D eigenvalue weighted by Crippen LogP contribution is 2.30. The van der Waals surface area contributed by atoms with Crippen LogP contribution in [0.4, 0.5) is 0 Å². The van der Waals surface area contributed by atoms with Crippen molar-refractivity contribution in [2.24, 2.45) is 0 Å². The molecule has 0 spiro atoms. The summed E-state index contributed by atoms with van der Waals surface area (Å²) < 4.78 is 7.37. The van der Waals surface area contributed by atoms with Crippen molar-refractivity contribution in [2.45, 2.75) is 19.9 Å². The molecular weight excluding hydrogens is 388 g/mol. The maximum Gasteiger partial charge on any atom is 0.261 e. The minimum absolute atomic E-state index is 0.0277. The Balaban J connectivity index is 1.42. The predicted octanol–water partition coefficient (Wildman–Crippen LogP) is 3.36. The van der Waals surface area contributed by atoms with Crippen molar-refractivity contribution < 1.29 is 14.3 Å². The van der Waals surface area contributed by atoms with Gasteiger partial charge in [-0.15, -0.1) is 0 Å². The Morgan fingerprint density at radius 2 is 1.86 bits per heavy atom. The van der Waals surface area contributed by atoms with Gasteiger partial charge in [0.15, 0.2) is 5.78 Å². The number of ketones is 1. The Morgan fingerprint density at radius 3 is 2.59 bits per heavy atom. The van der Waals surface area contributed by atoms with Crippen molar-refractivity contribution in [3.8, 4) is 5.75 Å². The van der Waals surface area contributed by atoms with Gasteiger partial charge in [-0.1, -0.05) is 24.3 Å². The van der Waals surface area contributed by atoms with Crippen LogP contribution in [0.2, 0.25) is 0 Å². The monoisotopic (exact) mass is 406 g/mol. The molecule has 0 bridgehead atoms. The zero-order chi connectivity index (χ0) is 20.4. The van der Waals surface area contributed by atoms with Crippen LogP contribution in [0.1, 0.15) is 17.8 Å². The number of ether oxygens (including phenoxy) is 1. The number of allylic oxidation sites excluding steroid dienone is 1. The molecule has 1 aliphatic heterocycles. The molecule has 1 fully saturated rings. The van der Waals surface area contributed by atoms with Crippen molar-refractivity contribution in [3.63, 3.8) is 0 Å². The van der Waals surface area contributed by atoms with Crippen LogP contribution in [0.15, 0.2) is 58.2 Å². The quantitative estimate of drug-likeness (QED) is 0.478. The van der Waals surface area contributed by atoms with Gasteiger partial charge in [0, 0.05) is 0 Å². The molecule has 2 aromatic carbocycles. The van der Waals surface area contributed by atoms with E-state index >= 15 is 0 Å². The molecular formula is C22H18N2O4S. The van der Waals surface area contributed by atoms with Crippen LogP contribution in [0, 0.1) is 6.92 Å². The van der Waals surface area contributed by atoms with Gasteiger partial charge in [0.05, 0.1) is 28.8 Å². The van der Waals surface area contributed by atoms with Gasteiger partial charge >= 0.3 is 0 Å². The van der Waals surface area contributed by atoms with Crippen molar-refractivity contribution in [3.05, 3.63) is 75.2 Å². The first-order valence-electron chi connectivity index (χ1n) is 9.16. The van der Waals surface area contributed by atoms with Crippen LogP contribution >= 0.6 is 11.8 Å². The topological polar surface area (TPSA) is 78.3 Å². The van der Waals surface area contributed by atoms with Crippen LogP contribution in [-0.4, -0.2) is 27.1 Å². The fourth-order valence-corrected chi connectivity index (χ4v) is 3.98. The van der Waals surface area contributed by atoms with Gasteiger partial charge in [0.25, 0.3) is 5.56 Å². The van der Waals surface area contributed by atoms with Crippen LogP contribution < -0.4 is 10.3 Å². The van der Waals surface area contributed by atoms with Crippen molar-refractivity contribution in [1.29, 1.82) is 0 Å². The summed E-state index contributed by atoms with van der Waals surface area (Å²) in [6, 6.07) is 14.5. The average molecular weight is 406 g/mol. The molecule has 6 nitrogen and oxygen atoms in total. The first-order chi connectivity index (χ1) is 14.0. The molecule has 0 amide bonds. The number of carbonyl (C=O) groups is 2. The summed E-state index contributed by atoms with van der Waals surface area (Å²) in [4.78, 5) is 40.6. The number of benzene rings is 2. The Hall–Kier alpha value is -3.19. The van der Waals surface area contributed by atoms with Crippen LogP contribution in [-0.2, 0) is 16.1 Å². The Bertz CT molecular complexity index is 1200. The minimum Gasteiger partial charge on any atom is -0.492 e. The summed E-state index contributed by atoms with van der Waals surface area (Å²) in [5, 5.41) is 0.475. The molecule has 1 aliphatic rings. The van der Waals surface area contributed by atoms with E-state index in [0.717, 1.165) is 17.3 Å². The van der Waals surface area contributed by atoms with Gasteiger partial charge in [-0.25, -0.2) is 4.98 Å². The van der Waals surface area contributed by atoms with Gasteiger partial charge in [-0.05, 0) is 54.6 Å². The van der Waals surface area contributed by atoms with Crippen molar-refractivity contribution >= 4 is 39.6 Å². The van der Waals surface area contributed by atoms with E-state index in [0.29, 0.717) is 40.5 Å². The number of nitrogens with zero attached hydrogens (tertiary/aromatic N) is 2. The third kappa shape index (κ3) is 4.14. The summed E-state index contributed by atoms with van der Waals surface area (Å²) in [5.74, 6) is 1.17. The number of thioether (sulfide) groups is 1. The van der Waals surface area contributed by atoms with E-state index in [4.69, 9.17) is 4.74 Å². The first kappa shape index (κ1) is 19.1. The summed E-state index contributed by atoms with van der Waals surface area (Å²) >= 11 is 0.991. The van der Waals surface area contributed by atoms with Gasteiger partial charge in [0.2, 0.25) is 5.12 Å². The highest BCUT2D eigenvalue weighted by molar-refractivity contribution is 8.18. The lowest BCUT2D eigenvalue weighted by Gasteiger charge is -2.12. The van der Waals surface area contributed by atoms with E-state index in [1.807, 2.05) is 37.3 Å². The molecule has 0 unspecified atom stereocenters. The lowest BCUT2D eigenvalue weighted by atomic mass is 10.1. The second-order valence-corrected chi connectivity index (χ2v) is 7.73. The van der Waals surface area contributed by atoms with Gasteiger partial charge in [-0.3, -0.25) is 19.0 Å². The number of Topliss-reactive ketones (excluding diaryl/α,β-unsaturated/α-hetero) is 1. The summed E-state index contributed by atoms with van der Waals surface area (Å²) in [6.45, 7) is 2.52. The highest BCUT2D eigenvalue weighted by atomic mass is 32.2. The van der Waals surface area contributed by atoms with E-state index in [1.54, 1.807) is 28.8 Å². The van der Waals surface area contributed by atoms with E-state index in [9.17, 15) is 14.4 Å². The highest BCUT2D eigenvalue weighted by Gasteiger charge is 2.25. The molecule has 1 aromatic heterocycles. The second-order valence-electron chi connectivity index (χ2n) is 6.63. The molecule has 29 heavy (non-hydrogen) atoms. The van der Waals surface area contributed by atoms with Crippen molar-refractivity contribution in [2.75, 3.05) is 6.61 Å². The average Bonchev–Trinajstić information content (AvgIpc) is 3.02. The van der Waals surface area contributed by atoms with Crippen molar-refractivity contribution in [1.82, 2.24) is 9.55 Å². The molecule has 3 aromatic rings. The lowest BCUT2D eigenvalue weighted by molar-refractivity contribution is -0.119. The molecule has 2 heterocycles. The third-order valence-electron chi connectivity index (χ3n) is 4.62. The fraction of sp³-hybridized carbons (Fsp3) is 0.182. The molecule has 1 saturated heterocycles. The number of aryl methyl sites for hydroxylation is 1. The smallest absolute Gasteiger partial charge is 0.261 e. The van der Waals surface area contributed by atoms with Gasteiger partial charge in [-0.2, -0.15) is 0 Å². The van der Waals surface area contributed by atoms with Gasteiger partial charge in [0.1, 0.15) is 18.2 Å². The largest absolute Gasteiger partial charge is 0.492 e. The Kier molecular flexibility index (Phi) is 5.31. The molecule has 4 rings (SSSR count). The Morgan fingerprint density at radius 1 is 1.10 bits per heavy atom. The van der Waals surface area contributed by atoms with Crippen LogP contribution in [0.5, 0.6) is 5.75 Å². The number of para-hydroxylation sites is 1. The Labute approximate surface area is 171 Å². The van der Waals surface area contributed by atoms with Crippen LogP contribution in [0.25, 0.3) is 17.0 Å². The number of hydrogen-bond acceptors (Lipinski definition) is 6. The molecule has 0 radical (unpaired) electrons. The molecule has 146 valence electrons. The summed E-state index contributed by atoms with van der Waals surface area (Å²) in [6.07, 6.45) is 1.69. The van der Waals surface area contributed by atoms with E-state index in [1.165, 1.54) is 0 Å². The number of carbonyl (C=O) groups excluding carboxylic acids is 2. The maximum absolute atomic E-state index is 12.7. The zero-order valence-electron chi connectivity index (χ0n) is 15.8. The summed E-state index contributed by atoms with van der Waals surface area (Å²) in [7, 11) is 0. The minimum atomic E-state index is -0.134. The number of hydrogen-bond donors (Lipinski definition) is 0. The third-order valence-corrected chi connectivity index (χ3v) is 5.55. The fourth-order valence-electron chi connectivity index (χ4n) is 3.15. The van der Waals surface area contributed by atoms with E-state index in [-0.39, 0.29) is 22.9 Å². The lowest BCUT2D eigenvalue weighted by Crippen LogP contribution is -2.26. The first-order valence-corrected chi connectivity index (χ1v) is 9.97. The molecule has 0 atom stereocenters. The SMILES string of the molecule is Cc1nc2ccccc2c(=O)n1CCOc1ccc(/C=C2/SC(=O)CC2=O)cc1. The standard InChI is InChI=1S/C22H18N2O4S/c1-14-23-18-5-3-2-4-17(18)22(27)24(14)10-11-28-16-8-6-15(7-9-16)12-20-19(25)13-21(26)29-20/h2-9,12H,10-11,13H2,1H3/b20-12+. The second kappa shape index (κ2) is 8.05. The van der Waals surface area contributed by atoms with E-state index in [2.05, 4.69) is 4.98 Å². The summed E-state index contributed by atoms with van der Waals surface area (Å²) in [5.41, 5.74) is 1.44. The number of rotatable bonds is 5. The molecule has 0 N–H and O–H groups in total.